The predicted octanol–water partition coefficient (Wildman–Crippen LogP) is 4.72. The average molecular weight is 576 g/mol. The van der Waals surface area contributed by atoms with Crippen molar-refractivity contribution in [2.24, 2.45) is 5.41 Å². The molecule has 2 atom stereocenters. The van der Waals surface area contributed by atoms with Crippen LogP contribution < -0.4 is 9.64 Å². The number of pyridine rings is 1. The van der Waals surface area contributed by atoms with Crippen molar-refractivity contribution in [2.75, 3.05) is 37.3 Å². The van der Waals surface area contributed by atoms with E-state index in [1.165, 1.54) is 12.3 Å². The second-order valence-electron chi connectivity index (χ2n) is 10.00. The minimum absolute atomic E-state index is 0.0863. The van der Waals surface area contributed by atoms with Gasteiger partial charge in [-0.15, -0.1) is 9.40 Å². The van der Waals surface area contributed by atoms with Crippen LogP contribution in [0.15, 0.2) is 30.6 Å². The van der Waals surface area contributed by atoms with Gasteiger partial charge in [0.1, 0.15) is 23.8 Å². The molecule has 4 aromatic rings. The Morgan fingerprint density at radius 1 is 1.18 bits per heavy atom. The van der Waals surface area contributed by atoms with Gasteiger partial charge in [0.15, 0.2) is 16.8 Å². The Hall–Kier alpha value is -2.70. The quantitative estimate of drug-likeness (QED) is 0.329. The zero-order chi connectivity index (χ0) is 26.8. The third kappa shape index (κ3) is 4.36. The number of H-pyrrole nitrogens is 1. The number of hydrogen-bond acceptors (Lipinski definition) is 8. The van der Waals surface area contributed by atoms with E-state index in [1.54, 1.807) is 12.5 Å². The first-order chi connectivity index (χ1) is 18.1. The Kier molecular flexibility index (Phi) is 6.39. The molecule has 2 fully saturated rings. The van der Waals surface area contributed by atoms with Gasteiger partial charge in [0.2, 0.25) is 0 Å². The number of aromatic amines is 1. The highest BCUT2D eigenvalue weighted by atomic mass is 35.5. The van der Waals surface area contributed by atoms with Crippen LogP contribution in [0.1, 0.15) is 24.2 Å². The highest BCUT2D eigenvalue weighted by molar-refractivity contribution is 7.88. The lowest BCUT2D eigenvalue weighted by Crippen LogP contribution is -2.73. The molecule has 2 aliphatic rings. The Morgan fingerprint density at radius 3 is 2.63 bits per heavy atom. The number of aryl methyl sites for hydroxylation is 1. The van der Waals surface area contributed by atoms with Gasteiger partial charge >= 0.3 is 0 Å². The van der Waals surface area contributed by atoms with Gasteiger partial charge in [-0.3, -0.25) is 5.10 Å². The lowest BCUT2D eigenvalue weighted by Gasteiger charge is -2.58. The zero-order valence-electron chi connectivity index (χ0n) is 20.8. The van der Waals surface area contributed by atoms with Crippen molar-refractivity contribution in [1.82, 2.24) is 29.7 Å². The van der Waals surface area contributed by atoms with Crippen molar-refractivity contribution >= 4 is 51.3 Å². The summed E-state index contributed by atoms with van der Waals surface area (Å²) in [6, 6.07) is 5.24. The van der Waals surface area contributed by atoms with Crippen LogP contribution >= 0.6 is 23.2 Å². The van der Waals surface area contributed by atoms with E-state index in [0.29, 0.717) is 46.5 Å². The Bertz CT molecular complexity index is 1520. The van der Waals surface area contributed by atoms with Crippen LogP contribution in [0.4, 0.5) is 10.2 Å². The minimum Gasteiger partial charge on any atom is -0.598 e. The van der Waals surface area contributed by atoms with Crippen LogP contribution in [-0.2, 0) is 11.4 Å². The Balaban J connectivity index is 1.24. The highest BCUT2D eigenvalue weighted by Crippen LogP contribution is 2.43. The SMILES string of the molecule is Cc1cc2[nH]nc(-c3cnc(N4CC5(C4)CN([S+](C)[O-])C5)c(F)c3)c2cc1O[C@H](C)c1c(Cl)cnnc1Cl. The monoisotopic (exact) mass is 575 g/mol. The van der Waals surface area contributed by atoms with Gasteiger partial charge < -0.3 is 14.2 Å². The molecule has 9 nitrogen and oxygen atoms in total. The first kappa shape index (κ1) is 25.6. The number of ether oxygens (including phenoxy) is 1. The first-order valence-electron chi connectivity index (χ1n) is 12.0. The molecule has 198 valence electrons. The van der Waals surface area contributed by atoms with E-state index in [2.05, 4.69) is 25.4 Å². The molecule has 13 heteroatoms. The number of hydrogen-bond donors (Lipinski definition) is 1. The fraction of sp³-hybridized carbons (Fsp3) is 0.360. The molecule has 2 aliphatic heterocycles. The third-order valence-corrected chi connectivity index (χ3v) is 8.77. The highest BCUT2D eigenvalue weighted by Gasteiger charge is 2.55. The topological polar surface area (TPSA) is 106 Å². The summed E-state index contributed by atoms with van der Waals surface area (Å²) in [7, 11) is 0. The molecule has 0 bridgehead atoms. The number of fused-ring (bicyclic) bond motifs is 1. The van der Waals surface area contributed by atoms with Gasteiger partial charge in [0.25, 0.3) is 0 Å². The fourth-order valence-electron chi connectivity index (χ4n) is 5.25. The van der Waals surface area contributed by atoms with Crippen LogP contribution in [-0.4, -0.2) is 66.7 Å². The summed E-state index contributed by atoms with van der Waals surface area (Å²) in [4.78, 5) is 6.37. The molecule has 5 heterocycles. The molecule has 0 saturated carbocycles. The van der Waals surface area contributed by atoms with Gasteiger partial charge in [0, 0.05) is 47.0 Å². The van der Waals surface area contributed by atoms with E-state index in [0.717, 1.165) is 29.6 Å². The molecule has 1 spiro atoms. The van der Waals surface area contributed by atoms with Crippen molar-refractivity contribution in [3.05, 3.63) is 57.7 Å². The molecule has 38 heavy (non-hydrogen) atoms. The average Bonchev–Trinajstić information content (AvgIpc) is 3.20. The van der Waals surface area contributed by atoms with Gasteiger partial charge in [-0.05, 0) is 37.6 Å². The lowest BCUT2D eigenvalue weighted by atomic mass is 9.74. The van der Waals surface area contributed by atoms with E-state index in [-0.39, 0.29) is 10.6 Å². The van der Waals surface area contributed by atoms with Crippen LogP contribution in [0.2, 0.25) is 10.2 Å². The summed E-state index contributed by atoms with van der Waals surface area (Å²) in [5.74, 6) is 0.522. The molecule has 0 radical (unpaired) electrons. The Labute approximate surface area is 231 Å². The lowest BCUT2D eigenvalue weighted by molar-refractivity contribution is 0.0390. The third-order valence-electron chi connectivity index (χ3n) is 7.20. The van der Waals surface area contributed by atoms with Crippen LogP contribution in [0, 0.1) is 18.2 Å². The molecule has 1 N–H and O–H groups in total. The van der Waals surface area contributed by atoms with E-state index in [1.807, 2.05) is 35.2 Å². The first-order valence-corrected chi connectivity index (χ1v) is 14.2. The number of benzene rings is 1. The summed E-state index contributed by atoms with van der Waals surface area (Å²) < 4.78 is 35.0. The van der Waals surface area contributed by atoms with E-state index in [4.69, 9.17) is 27.9 Å². The van der Waals surface area contributed by atoms with Crippen LogP contribution in [0.25, 0.3) is 22.2 Å². The minimum atomic E-state index is -0.960. The Morgan fingerprint density at radius 2 is 1.95 bits per heavy atom. The predicted molar refractivity (Wildman–Crippen MR) is 145 cm³/mol. The summed E-state index contributed by atoms with van der Waals surface area (Å²) >= 11 is 11.5. The molecular weight excluding hydrogens is 552 g/mol. The molecule has 0 aliphatic carbocycles. The number of nitrogens with one attached hydrogen (secondary N) is 1. The molecule has 0 amide bonds. The summed E-state index contributed by atoms with van der Waals surface area (Å²) in [5.41, 5.74) is 3.41. The molecule has 2 saturated heterocycles. The van der Waals surface area contributed by atoms with E-state index >= 15 is 4.39 Å². The second kappa shape index (κ2) is 9.49. The molecular formula is C25H24Cl2FN7O2S. The molecule has 1 unspecified atom stereocenters. The fourth-order valence-corrected chi connectivity index (χ4v) is 6.80. The van der Waals surface area contributed by atoms with Crippen molar-refractivity contribution in [1.29, 1.82) is 0 Å². The van der Waals surface area contributed by atoms with Crippen LogP contribution in [0.5, 0.6) is 5.75 Å². The van der Waals surface area contributed by atoms with E-state index < -0.39 is 23.3 Å². The van der Waals surface area contributed by atoms with Crippen molar-refractivity contribution in [3.8, 4) is 17.0 Å². The maximum atomic E-state index is 15.2. The number of aromatic nitrogens is 5. The molecule has 1 aromatic carbocycles. The number of anilines is 1. The van der Waals surface area contributed by atoms with E-state index in [9.17, 15) is 4.55 Å². The van der Waals surface area contributed by atoms with Crippen molar-refractivity contribution < 1.29 is 13.7 Å². The molecule has 3 aromatic heterocycles. The van der Waals surface area contributed by atoms with Gasteiger partial charge in [-0.25, -0.2) is 9.37 Å². The summed E-state index contributed by atoms with van der Waals surface area (Å²) in [5, 5.41) is 16.4. The van der Waals surface area contributed by atoms with Crippen molar-refractivity contribution in [3.63, 3.8) is 0 Å². The summed E-state index contributed by atoms with van der Waals surface area (Å²) in [6.45, 7) is 6.69. The smallest absolute Gasteiger partial charge is 0.166 e. The maximum absolute atomic E-state index is 15.2. The van der Waals surface area contributed by atoms with Gasteiger partial charge in [-0.2, -0.15) is 10.2 Å². The molecule has 6 rings (SSSR count). The number of halogens is 3. The van der Waals surface area contributed by atoms with Gasteiger partial charge in [0.05, 0.1) is 35.4 Å². The van der Waals surface area contributed by atoms with Crippen LogP contribution in [0.3, 0.4) is 0 Å². The zero-order valence-corrected chi connectivity index (χ0v) is 23.2. The maximum Gasteiger partial charge on any atom is 0.166 e. The van der Waals surface area contributed by atoms with Gasteiger partial charge in [-0.1, -0.05) is 23.2 Å². The largest absolute Gasteiger partial charge is 0.598 e. The standard InChI is InChI=1S/C25H24Cl2FN7O2S/c1-13-4-19-16(6-20(13)37-14(2)21-17(26)8-30-33-23(21)27)22(32-31-19)15-5-18(28)24(29-7-15)34-9-25(10-34)11-35(12-25)38(3)36/h4-8,14H,9-12H2,1-3H3,(H,31,32)/t14-,38?/m1/s1. The number of rotatable bonds is 6. The summed E-state index contributed by atoms with van der Waals surface area (Å²) in [6.07, 6.45) is 4.25. The number of nitrogens with zero attached hydrogens (tertiary/aromatic N) is 6. The normalized spacial score (nSPS) is 18.3. The second-order valence-corrected chi connectivity index (χ2v) is 12.1. The van der Waals surface area contributed by atoms with Crippen molar-refractivity contribution in [2.45, 2.75) is 20.0 Å².